The molecule has 0 radical (unpaired) electrons. The van der Waals surface area contributed by atoms with Gasteiger partial charge in [-0.2, -0.15) is 0 Å². The summed E-state index contributed by atoms with van der Waals surface area (Å²) >= 11 is 0. The summed E-state index contributed by atoms with van der Waals surface area (Å²) in [5.74, 6) is -0.0374. The number of fused-ring (bicyclic) bond motifs is 1. The first-order valence-electron chi connectivity index (χ1n) is 6.52. The quantitative estimate of drug-likeness (QED) is 0.636. The molecule has 4 heteroatoms. The highest BCUT2D eigenvalue weighted by molar-refractivity contribution is 5.80. The van der Waals surface area contributed by atoms with E-state index < -0.39 is 5.79 Å². The molecule has 0 unspecified atom stereocenters. The van der Waals surface area contributed by atoms with E-state index in [1.54, 1.807) is 0 Å². The van der Waals surface area contributed by atoms with Gasteiger partial charge in [0.25, 0.3) is 0 Å². The molecule has 3 fully saturated rings. The van der Waals surface area contributed by atoms with Gasteiger partial charge in [-0.3, -0.25) is 9.69 Å². The van der Waals surface area contributed by atoms with E-state index in [4.69, 9.17) is 9.47 Å². The Morgan fingerprint density at radius 1 is 1.29 bits per heavy atom. The Balaban J connectivity index is 1.69. The number of ether oxygens (including phenoxy) is 2. The highest BCUT2D eigenvalue weighted by Crippen LogP contribution is 2.40. The summed E-state index contributed by atoms with van der Waals surface area (Å²) in [6, 6.07) is 0.345. The first-order valence-corrected chi connectivity index (χ1v) is 6.52. The lowest BCUT2D eigenvalue weighted by atomic mass is 9.94. The molecular weight excluding hydrogens is 218 g/mol. The van der Waals surface area contributed by atoms with Gasteiger partial charge in [0.2, 0.25) is 0 Å². The molecule has 1 spiro atoms. The third-order valence-corrected chi connectivity index (χ3v) is 4.10. The Morgan fingerprint density at radius 2 is 2.00 bits per heavy atom. The van der Waals surface area contributed by atoms with Gasteiger partial charge in [-0.15, -0.1) is 0 Å². The summed E-state index contributed by atoms with van der Waals surface area (Å²) in [5.41, 5.74) is 0.115. The Morgan fingerprint density at radius 3 is 2.71 bits per heavy atom. The molecule has 3 aliphatic heterocycles. The van der Waals surface area contributed by atoms with E-state index in [9.17, 15) is 4.79 Å². The van der Waals surface area contributed by atoms with Crippen molar-refractivity contribution in [2.75, 3.05) is 26.3 Å². The average molecular weight is 239 g/mol. The fraction of sp³-hybridized carbons (Fsp3) is 0.923. The van der Waals surface area contributed by atoms with Crippen LogP contribution >= 0.6 is 0 Å². The topological polar surface area (TPSA) is 38.8 Å². The van der Waals surface area contributed by atoms with Crippen LogP contribution in [0.5, 0.6) is 0 Å². The Labute approximate surface area is 102 Å². The van der Waals surface area contributed by atoms with Crippen LogP contribution in [0.1, 0.15) is 33.1 Å². The first kappa shape index (κ1) is 11.6. The molecule has 1 atom stereocenters. The third-order valence-electron chi connectivity index (χ3n) is 4.10. The summed E-state index contributed by atoms with van der Waals surface area (Å²) < 4.78 is 12.0. The van der Waals surface area contributed by atoms with Crippen LogP contribution in [0.25, 0.3) is 0 Å². The number of hydrogen-bond donors (Lipinski definition) is 0. The normalized spacial score (nSPS) is 36.1. The number of rotatable bonds is 0. The molecule has 17 heavy (non-hydrogen) atoms. The second-order valence-corrected chi connectivity index (χ2v) is 6.47. The number of Topliss-reactive ketones (excluding diaryl/α,β-unsaturated/α-hetero) is 1. The van der Waals surface area contributed by atoms with Crippen molar-refractivity contribution in [2.24, 2.45) is 5.41 Å². The van der Waals surface area contributed by atoms with E-state index in [0.717, 1.165) is 32.7 Å². The van der Waals surface area contributed by atoms with Crippen molar-refractivity contribution in [3.8, 4) is 0 Å². The molecule has 0 aliphatic carbocycles. The van der Waals surface area contributed by atoms with Crippen LogP contribution in [-0.4, -0.2) is 48.8 Å². The Hall–Kier alpha value is -0.450. The van der Waals surface area contributed by atoms with Crippen LogP contribution in [-0.2, 0) is 14.3 Å². The van der Waals surface area contributed by atoms with E-state index in [1.807, 2.05) is 0 Å². The average Bonchev–Trinajstić information content (AvgIpc) is 2.61. The first-order chi connectivity index (χ1) is 7.98. The number of hydrogen-bond acceptors (Lipinski definition) is 4. The molecule has 0 aromatic carbocycles. The summed E-state index contributed by atoms with van der Waals surface area (Å²) in [4.78, 5) is 13.8. The van der Waals surface area contributed by atoms with Crippen LogP contribution in [0, 0.1) is 5.41 Å². The van der Waals surface area contributed by atoms with Gasteiger partial charge >= 0.3 is 0 Å². The van der Waals surface area contributed by atoms with Crippen molar-refractivity contribution in [1.29, 1.82) is 0 Å². The number of ketones is 1. The smallest absolute Gasteiger partial charge is 0.182 e. The molecule has 4 nitrogen and oxygen atoms in total. The molecule has 0 aromatic rings. The van der Waals surface area contributed by atoms with Gasteiger partial charge in [-0.05, 0) is 0 Å². The minimum atomic E-state index is -0.426. The van der Waals surface area contributed by atoms with Crippen molar-refractivity contribution >= 4 is 5.78 Å². The molecule has 0 aromatic heterocycles. The summed E-state index contributed by atoms with van der Waals surface area (Å²) in [6.07, 6.45) is 2.23. The van der Waals surface area contributed by atoms with Gasteiger partial charge in [0, 0.05) is 37.3 Å². The van der Waals surface area contributed by atoms with Gasteiger partial charge in [0.05, 0.1) is 19.8 Å². The van der Waals surface area contributed by atoms with E-state index in [1.165, 1.54) is 0 Å². The fourth-order valence-electron chi connectivity index (χ4n) is 3.03. The van der Waals surface area contributed by atoms with E-state index >= 15 is 0 Å². The number of piperidine rings is 1. The van der Waals surface area contributed by atoms with Crippen LogP contribution in [0.3, 0.4) is 0 Å². The minimum absolute atomic E-state index is 0.115. The largest absolute Gasteiger partial charge is 0.348 e. The summed E-state index contributed by atoms with van der Waals surface area (Å²) in [7, 11) is 0. The van der Waals surface area contributed by atoms with Crippen molar-refractivity contribution in [1.82, 2.24) is 4.90 Å². The standard InChI is InChI=1S/C13H21NO3/c1-12(2)8-16-13(17-9-12)6-10-5-11(15)3-4-14(10)7-13/h10H,3-9H2,1-2H3/t10-/m1/s1. The maximum Gasteiger partial charge on any atom is 0.182 e. The fourth-order valence-corrected chi connectivity index (χ4v) is 3.03. The number of carbonyl (C=O) groups excluding carboxylic acids is 1. The minimum Gasteiger partial charge on any atom is -0.348 e. The lowest BCUT2D eigenvalue weighted by molar-refractivity contribution is -0.290. The molecular formula is C13H21NO3. The van der Waals surface area contributed by atoms with Gasteiger partial charge in [-0.1, -0.05) is 13.8 Å². The molecule has 96 valence electrons. The highest BCUT2D eigenvalue weighted by atomic mass is 16.7. The number of nitrogens with zero attached hydrogens (tertiary/aromatic N) is 1. The van der Waals surface area contributed by atoms with E-state index in [0.29, 0.717) is 24.7 Å². The lowest BCUT2D eigenvalue weighted by Crippen LogP contribution is -2.49. The molecule has 3 heterocycles. The van der Waals surface area contributed by atoms with Crippen LogP contribution < -0.4 is 0 Å². The third kappa shape index (κ3) is 2.14. The van der Waals surface area contributed by atoms with Gasteiger partial charge < -0.3 is 9.47 Å². The van der Waals surface area contributed by atoms with Crippen LogP contribution in [0.15, 0.2) is 0 Å². The predicted molar refractivity (Wildman–Crippen MR) is 62.6 cm³/mol. The van der Waals surface area contributed by atoms with Crippen molar-refractivity contribution in [3.05, 3.63) is 0 Å². The zero-order chi connectivity index (χ0) is 12.1. The second kappa shape index (κ2) is 3.77. The molecule has 3 saturated heterocycles. The zero-order valence-corrected chi connectivity index (χ0v) is 10.7. The molecule has 0 saturated carbocycles. The SMILES string of the molecule is CC1(C)COC2(C[C@H]3CC(=O)CCN3C2)OC1. The summed E-state index contributed by atoms with van der Waals surface area (Å²) in [5, 5.41) is 0. The zero-order valence-electron chi connectivity index (χ0n) is 10.7. The molecule has 0 bridgehead atoms. The maximum absolute atomic E-state index is 11.5. The Kier molecular flexibility index (Phi) is 2.58. The van der Waals surface area contributed by atoms with Crippen molar-refractivity contribution in [2.45, 2.75) is 44.9 Å². The summed E-state index contributed by atoms with van der Waals surface area (Å²) in [6.45, 7) is 7.53. The van der Waals surface area contributed by atoms with Gasteiger partial charge in [0.15, 0.2) is 5.79 Å². The van der Waals surface area contributed by atoms with Gasteiger partial charge in [-0.25, -0.2) is 0 Å². The van der Waals surface area contributed by atoms with E-state index in [2.05, 4.69) is 18.7 Å². The maximum atomic E-state index is 11.5. The molecule has 3 rings (SSSR count). The van der Waals surface area contributed by atoms with Gasteiger partial charge in [0.1, 0.15) is 5.78 Å². The van der Waals surface area contributed by atoms with Crippen LogP contribution in [0.2, 0.25) is 0 Å². The monoisotopic (exact) mass is 239 g/mol. The van der Waals surface area contributed by atoms with Crippen molar-refractivity contribution in [3.63, 3.8) is 0 Å². The second-order valence-electron chi connectivity index (χ2n) is 6.47. The van der Waals surface area contributed by atoms with E-state index in [-0.39, 0.29) is 5.41 Å². The van der Waals surface area contributed by atoms with Crippen molar-refractivity contribution < 1.29 is 14.3 Å². The molecule has 0 amide bonds. The highest BCUT2D eigenvalue weighted by Gasteiger charge is 2.50. The predicted octanol–water partition coefficient (Wildman–Crippen LogP) is 1.19. The molecule has 0 N–H and O–H groups in total. The molecule has 3 aliphatic rings. The number of carbonyl (C=O) groups is 1. The van der Waals surface area contributed by atoms with Crippen LogP contribution in [0.4, 0.5) is 0 Å². The Bertz CT molecular complexity index is 330. The lowest BCUT2D eigenvalue weighted by Gasteiger charge is -2.41.